The normalized spacial score (nSPS) is 13.6. The Labute approximate surface area is 111 Å². The SMILES string of the molecule is CN(C)C(=O)Oc1cccc(NC(=O)NC2CC2)c1. The first kappa shape index (κ1) is 13.2. The first-order chi connectivity index (χ1) is 9.04. The van der Waals surface area contributed by atoms with E-state index < -0.39 is 6.09 Å². The largest absolute Gasteiger partial charge is 0.414 e. The van der Waals surface area contributed by atoms with Crippen molar-refractivity contribution in [3.63, 3.8) is 0 Å². The molecule has 1 aliphatic rings. The Morgan fingerprint density at radius 1 is 1.32 bits per heavy atom. The summed E-state index contributed by atoms with van der Waals surface area (Å²) in [4.78, 5) is 24.3. The fourth-order valence-corrected chi connectivity index (χ4v) is 1.41. The molecule has 2 rings (SSSR count). The lowest BCUT2D eigenvalue weighted by atomic mass is 10.3. The first-order valence-corrected chi connectivity index (χ1v) is 6.11. The molecule has 0 radical (unpaired) electrons. The van der Waals surface area contributed by atoms with Crippen LogP contribution < -0.4 is 15.4 Å². The van der Waals surface area contributed by atoms with Gasteiger partial charge in [-0.2, -0.15) is 0 Å². The molecule has 102 valence electrons. The second kappa shape index (κ2) is 5.60. The molecule has 0 saturated heterocycles. The minimum Gasteiger partial charge on any atom is -0.410 e. The molecule has 1 saturated carbocycles. The third-order valence-corrected chi connectivity index (χ3v) is 2.57. The van der Waals surface area contributed by atoms with E-state index in [1.807, 2.05) is 0 Å². The van der Waals surface area contributed by atoms with Crippen LogP contribution in [0, 0.1) is 0 Å². The van der Waals surface area contributed by atoms with Crippen LogP contribution in [0.3, 0.4) is 0 Å². The van der Waals surface area contributed by atoms with Crippen molar-refractivity contribution in [2.75, 3.05) is 19.4 Å². The average Bonchev–Trinajstić information content (AvgIpc) is 3.12. The Balaban J connectivity index is 1.93. The zero-order valence-electron chi connectivity index (χ0n) is 11.0. The molecule has 0 unspecified atom stereocenters. The highest BCUT2D eigenvalue weighted by molar-refractivity contribution is 5.89. The van der Waals surface area contributed by atoms with Crippen LogP contribution in [0.15, 0.2) is 24.3 Å². The van der Waals surface area contributed by atoms with Gasteiger partial charge in [0, 0.05) is 31.9 Å². The fourth-order valence-electron chi connectivity index (χ4n) is 1.41. The van der Waals surface area contributed by atoms with Gasteiger partial charge in [0.05, 0.1) is 0 Å². The van der Waals surface area contributed by atoms with Gasteiger partial charge < -0.3 is 20.3 Å². The number of anilines is 1. The molecule has 1 aromatic rings. The van der Waals surface area contributed by atoms with Crippen LogP contribution in [-0.4, -0.2) is 37.2 Å². The van der Waals surface area contributed by atoms with Crippen LogP contribution in [0.25, 0.3) is 0 Å². The molecule has 0 aromatic heterocycles. The van der Waals surface area contributed by atoms with E-state index in [9.17, 15) is 9.59 Å². The number of hydrogen-bond donors (Lipinski definition) is 2. The van der Waals surface area contributed by atoms with Crippen molar-refractivity contribution in [2.24, 2.45) is 0 Å². The number of carbonyl (C=O) groups excluding carboxylic acids is 2. The summed E-state index contributed by atoms with van der Waals surface area (Å²) >= 11 is 0. The van der Waals surface area contributed by atoms with Crippen LogP contribution in [-0.2, 0) is 0 Å². The highest BCUT2D eigenvalue weighted by Gasteiger charge is 2.23. The Hall–Kier alpha value is -2.24. The van der Waals surface area contributed by atoms with E-state index in [2.05, 4.69) is 10.6 Å². The summed E-state index contributed by atoms with van der Waals surface area (Å²) in [6.07, 6.45) is 1.61. The van der Waals surface area contributed by atoms with Crippen LogP contribution in [0.4, 0.5) is 15.3 Å². The molecular formula is C13H17N3O3. The van der Waals surface area contributed by atoms with E-state index in [0.29, 0.717) is 17.5 Å². The lowest BCUT2D eigenvalue weighted by Gasteiger charge is -2.12. The van der Waals surface area contributed by atoms with E-state index >= 15 is 0 Å². The fraction of sp³-hybridized carbons (Fsp3) is 0.385. The second-order valence-corrected chi connectivity index (χ2v) is 4.66. The zero-order valence-corrected chi connectivity index (χ0v) is 11.0. The average molecular weight is 263 g/mol. The van der Waals surface area contributed by atoms with E-state index in [1.54, 1.807) is 38.4 Å². The Morgan fingerprint density at radius 2 is 2.05 bits per heavy atom. The predicted molar refractivity (Wildman–Crippen MR) is 71.3 cm³/mol. The molecule has 1 aliphatic carbocycles. The Kier molecular flexibility index (Phi) is 3.89. The lowest BCUT2D eigenvalue weighted by molar-refractivity contribution is 0.172. The van der Waals surface area contributed by atoms with Gasteiger partial charge in [-0.25, -0.2) is 9.59 Å². The van der Waals surface area contributed by atoms with Gasteiger partial charge in [-0.15, -0.1) is 0 Å². The highest BCUT2D eigenvalue weighted by Crippen LogP contribution is 2.20. The maximum Gasteiger partial charge on any atom is 0.414 e. The van der Waals surface area contributed by atoms with E-state index in [1.165, 1.54) is 4.90 Å². The van der Waals surface area contributed by atoms with Crippen molar-refractivity contribution in [1.82, 2.24) is 10.2 Å². The van der Waals surface area contributed by atoms with Gasteiger partial charge >= 0.3 is 12.1 Å². The molecule has 6 nitrogen and oxygen atoms in total. The van der Waals surface area contributed by atoms with Crippen LogP contribution in [0.1, 0.15) is 12.8 Å². The third-order valence-electron chi connectivity index (χ3n) is 2.57. The quantitative estimate of drug-likeness (QED) is 0.876. The molecule has 6 heteroatoms. The molecule has 0 spiro atoms. The van der Waals surface area contributed by atoms with E-state index in [0.717, 1.165) is 12.8 Å². The molecular weight excluding hydrogens is 246 g/mol. The van der Waals surface area contributed by atoms with Crippen molar-refractivity contribution in [1.29, 1.82) is 0 Å². The Bertz CT molecular complexity index is 484. The van der Waals surface area contributed by atoms with Crippen LogP contribution in [0.5, 0.6) is 5.75 Å². The molecule has 19 heavy (non-hydrogen) atoms. The number of carbonyl (C=O) groups is 2. The van der Waals surface area contributed by atoms with Crippen molar-refractivity contribution < 1.29 is 14.3 Å². The zero-order chi connectivity index (χ0) is 13.8. The highest BCUT2D eigenvalue weighted by atomic mass is 16.6. The van der Waals surface area contributed by atoms with Gasteiger partial charge in [0.25, 0.3) is 0 Å². The van der Waals surface area contributed by atoms with Gasteiger partial charge in [0.2, 0.25) is 0 Å². The molecule has 0 bridgehead atoms. The maximum atomic E-state index is 11.6. The summed E-state index contributed by atoms with van der Waals surface area (Å²) in [5.41, 5.74) is 0.585. The summed E-state index contributed by atoms with van der Waals surface area (Å²) in [7, 11) is 3.21. The monoisotopic (exact) mass is 263 g/mol. The number of urea groups is 1. The maximum absolute atomic E-state index is 11.6. The summed E-state index contributed by atoms with van der Waals surface area (Å²) in [6.45, 7) is 0. The third kappa shape index (κ3) is 4.17. The van der Waals surface area contributed by atoms with Gasteiger partial charge in [0.15, 0.2) is 0 Å². The molecule has 0 aliphatic heterocycles. The molecule has 2 N–H and O–H groups in total. The van der Waals surface area contributed by atoms with E-state index in [4.69, 9.17) is 4.74 Å². The Morgan fingerprint density at radius 3 is 2.68 bits per heavy atom. The van der Waals surface area contributed by atoms with Gasteiger partial charge in [-0.3, -0.25) is 0 Å². The van der Waals surface area contributed by atoms with Gasteiger partial charge in [0.1, 0.15) is 5.75 Å². The molecule has 3 amide bonds. The first-order valence-electron chi connectivity index (χ1n) is 6.11. The summed E-state index contributed by atoms with van der Waals surface area (Å²) in [5, 5.41) is 5.52. The predicted octanol–water partition coefficient (Wildman–Crippen LogP) is 2.03. The number of amides is 3. The molecule has 0 heterocycles. The number of benzene rings is 1. The molecule has 1 aromatic carbocycles. The number of hydrogen-bond acceptors (Lipinski definition) is 3. The standard InChI is InChI=1S/C13H17N3O3/c1-16(2)13(18)19-11-5-3-4-10(8-11)15-12(17)14-9-6-7-9/h3-5,8-9H,6-7H2,1-2H3,(H2,14,15,17). The number of ether oxygens (including phenoxy) is 1. The summed E-state index contributed by atoms with van der Waals surface area (Å²) in [6, 6.07) is 6.78. The van der Waals surface area contributed by atoms with E-state index in [-0.39, 0.29) is 6.03 Å². The minimum atomic E-state index is -0.459. The van der Waals surface area contributed by atoms with Crippen molar-refractivity contribution >= 4 is 17.8 Å². The summed E-state index contributed by atoms with van der Waals surface area (Å²) < 4.78 is 5.11. The number of nitrogens with one attached hydrogen (secondary N) is 2. The second-order valence-electron chi connectivity index (χ2n) is 4.66. The number of nitrogens with zero attached hydrogens (tertiary/aromatic N) is 1. The van der Waals surface area contributed by atoms with Crippen molar-refractivity contribution in [3.8, 4) is 5.75 Å². The van der Waals surface area contributed by atoms with Gasteiger partial charge in [-0.1, -0.05) is 6.07 Å². The smallest absolute Gasteiger partial charge is 0.410 e. The van der Waals surface area contributed by atoms with Crippen LogP contribution >= 0.6 is 0 Å². The van der Waals surface area contributed by atoms with Gasteiger partial charge in [-0.05, 0) is 25.0 Å². The molecule has 0 atom stereocenters. The van der Waals surface area contributed by atoms with Crippen LogP contribution in [0.2, 0.25) is 0 Å². The lowest BCUT2D eigenvalue weighted by Crippen LogP contribution is -2.30. The number of rotatable bonds is 3. The summed E-state index contributed by atoms with van der Waals surface area (Å²) in [5.74, 6) is 0.392. The van der Waals surface area contributed by atoms with Crippen molar-refractivity contribution in [2.45, 2.75) is 18.9 Å². The molecule has 1 fully saturated rings. The minimum absolute atomic E-state index is 0.237. The van der Waals surface area contributed by atoms with Crippen molar-refractivity contribution in [3.05, 3.63) is 24.3 Å². The topological polar surface area (TPSA) is 70.7 Å².